The SMILES string of the molecule is COCCNCCNC(=O)CSc1ccc(C)cc1.Cl. The van der Waals surface area contributed by atoms with E-state index in [2.05, 4.69) is 29.7 Å². The van der Waals surface area contributed by atoms with Gasteiger partial charge in [-0.2, -0.15) is 0 Å². The number of ether oxygens (including phenoxy) is 1. The zero-order chi connectivity index (χ0) is 13.9. The predicted octanol–water partition coefficient (Wildman–Crippen LogP) is 1.86. The minimum absolute atomic E-state index is 0. The summed E-state index contributed by atoms with van der Waals surface area (Å²) in [5.41, 5.74) is 1.23. The third-order valence-corrected chi connectivity index (χ3v) is 3.51. The van der Waals surface area contributed by atoms with Crippen molar-refractivity contribution in [3.8, 4) is 0 Å². The van der Waals surface area contributed by atoms with Gasteiger partial charge in [-0.3, -0.25) is 4.79 Å². The molecule has 0 aliphatic carbocycles. The summed E-state index contributed by atoms with van der Waals surface area (Å²) in [6, 6.07) is 8.19. The average Bonchev–Trinajstić information content (AvgIpc) is 2.42. The van der Waals surface area contributed by atoms with E-state index in [0.29, 0.717) is 18.9 Å². The van der Waals surface area contributed by atoms with Crippen LogP contribution in [0.1, 0.15) is 5.56 Å². The van der Waals surface area contributed by atoms with Crippen LogP contribution < -0.4 is 10.6 Å². The summed E-state index contributed by atoms with van der Waals surface area (Å²) < 4.78 is 4.91. The van der Waals surface area contributed by atoms with Gasteiger partial charge in [-0.05, 0) is 19.1 Å². The van der Waals surface area contributed by atoms with Gasteiger partial charge in [-0.15, -0.1) is 24.2 Å². The van der Waals surface area contributed by atoms with Crippen LogP contribution in [0, 0.1) is 6.92 Å². The van der Waals surface area contributed by atoms with Crippen molar-refractivity contribution in [3.63, 3.8) is 0 Å². The molecule has 0 fully saturated rings. The molecule has 1 aromatic rings. The van der Waals surface area contributed by atoms with Crippen molar-refractivity contribution in [1.29, 1.82) is 0 Å². The molecule has 0 aliphatic heterocycles. The van der Waals surface area contributed by atoms with E-state index in [-0.39, 0.29) is 18.3 Å². The first kappa shape index (κ1) is 19.2. The van der Waals surface area contributed by atoms with E-state index >= 15 is 0 Å². The number of aryl methyl sites for hydroxylation is 1. The Kier molecular flexibility index (Phi) is 11.6. The number of methoxy groups -OCH3 is 1. The van der Waals surface area contributed by atoms with Crippen molar-refractivity contribution in [3.05, 3.63) is 29.8 Å². The number of hydrogen-bond acceptors (Lipinski definition) is 4. The maximum Gasteiger partial charge on any atom is 0.230 e. The average molecular weight is 319 g/mol. The number of rotatable bonds is 9. The zero-order valence-electron chi connectivity index (χ0n) is 12.0. The first-order valence-corrected chi connectivity index (χ1v) is 7.37. The number of carbonyl (C=O) groups excluding carboxylic acids is 1. The Labute approximate surface area is 131 Å². The Bertz CT molecular complexity index is 374. The fourth-order valence-electron chi connectivity index (χ4n) is 1.42. The second kappa shape index (κ2) is 12.0. The highest BCUT2D eigenvalue weighted by atomic mass is 35.5. The summed E-state index contributed by atoms with van der Waals surface area (Å²) in [6.07, 6.45) is 0. The molecule has 1 amide bonds. The lowest BCUT2D eigenvalue weighted by Crippen LogP contribution is -2.33. The van der Waals surface area contributed by atoms with Crippen molar-refractivity contribution in [1.82, 2.24) is 10.6 Å². The number of hydrogen-bond donors (Lipinski definition) is 2. The molecule has 0 saturated heterocycles. The molecular weight excluding hydrogens is 296 g/mol. The first-order valence-electron chi connectivity index (χ1n) is 6.38. The van der Waals surface area contributed by atoms with Gasteiger partial charge in [0.05, 0.1) is 12.4 Å². The molecule has 20 heavy (non-hydrogen) atoms. The van der Waals surface area contributed by atoms with Gasteiger partial charge in [0.2, 0.25) is 5.91 Å². The van der Waals surface area contributed by atoms with Gasteiger partial charge in [0, 0.05) is 31.6 Å². The summed E-state index contributed by atoms with van der Waals surface area (Å²) in [5, 5.41) is 6.05. The topological polar surface area (TPSA) is 50.4 Å². The number of thioether (sulfide) groups is 1. The highest BCUT2D eigenvalue weighted by Crippen LogP contribution is 2.17. The molecule has 0 aromatic heterocycles. The van der Waals surface area contributed by atoms with Crippen molar-refractivity contribution < 1.29 is 9.53 Å². The second-order valence-corrected chi connectivity index (χ2v) is 5.24. The van der Waals surface area contributed by atoms with Gasteiger partial charge >= 0.3 is 0 Å². The Morgan fingerprint density at radius 3 is 2.55 bits per heavy atom. The molecule has 0 heterocycles. The smallest absolute Gasteiger partial charge is 0.230 e. The van der Waals surface area contributed by atoms with Gasteiger partial charge in [-0.1, -0.05) is 17.7 Å². The molecule has 0 saturated carbocycles. The largest absolute Gasteiger partial charge is 0.383 e. The monoisotopic (exact) mass is 318 g/mol. The summed E-state index contributed by atoms with van der Waals surface area (Å²) in [6.45, 7) is 4.97. The van der Waals surface area contributed by atoms with Crippen molar-refractivity contribution in [2.24, 2.45) is 0 Å². The Hall–Kier alpha value is -0.750. The predicted molar refractivity (Wildman–Crippen MR) is 86.9 cm³/mol. The second-order valence-electron chi connectivity index (χ2n) is 4.19. The van der Waals surface area contributed by atoms with Crippen molar-refractivity contribution in [2.75, 3.05) is 39.1 Å². The molecule has 4 nitrogen and oxygen atoms in total. The normalized spacial score (nSPS) is 9.90. The molecule has 0 aliphatic rings. The van der Waals surface area contributed by atoms with Crippen LogP contribution >= 0.6 is 24.2 Å². The lowest BCUT2D eigenvalue weighted by atomic mass is 10.2. The van der Waals surface area contributed by atoms with Crippen LogP contribution in [0.25, 0.3) is 0 Å². The van der Waals surface area contributed by atoms with Crippen LogP contribution in [0.15, 0.2) is 29.2 Å². The number of benzene rings is 1. The first-order chi connectivity index (χ1) is 9.22. The Morgan fingerprint density at radius 1 is 1.20 bits per heavy atom. The van der Waals surface area contributed by atoms with Gasteiger partial charge in [0.25, 0.3) is 0 Å². The maximum absolute atomic E-state index is 11.6. The zero-order valence-corrected chi connectivity index (χ0v) is 13.6. The molecule has 1 rings (SSSR count). The Balaban J connectivity index is 0.00000361. The molecule has 1 aromatic carbocycles. The number of nitrogens with one attached hydrogen (secondary N) is 2. The molecule has 0 atom stereocenters. The molecule has 0 spiro atoms. The highest BCUT2D eigenvalue weighted by Gasteiger charge is 2.01. The van der Waals surface area contributed by atoms with Crippen molar-refractivity contribution >= 4 is 30.1 Å². The molecule has 6 heteroatoms. The molecule has 2 N–H and O–H groups in total. The molecular formula is C14H23ClN2O2S. The summed E-state index contributed by atoms with van der Waals surface area (Å²) in [5.74, 6) is 0.528. The third-order valence-electron chi connectivity index (χ3n) is 2.50. The lowest BCUT2D eigenvalue weighted by Gasteiger charge is -2.06. The van der Waals surface area contributed by atoms with E-state index in [4.69, 9.17) is 4.74 Å². The minimum Gasteiger partial charge on any atom is -0.383 e. The lowest BCUT2D eigenvalue weighted by molar-refractivity contribution is -0.118. The quantitative estimate of drug-likeness (QED) is 0.539. The van der Waals surface area contributed by atoms with E-state index in [0.717, 1.165) is 18.0 Å². The molecule has 0 radical (unpaired) electrons. The maximum atomic E-state index is 11.6. The molecule has 0 unspecified atom stereocenters. The summed E-state index contributed by atoms with van der Waals surface area (Å²) in [7, 11) is 1.67. The van der Waals surface area contributed by atoms with E-state index in [1.165, 1.54) is 5.56 Å². The van der Waals surface area contributed by atoms with E-state index < -0.39 is 0 Å². The minimum atomic E-state index is 0. The summed E-state index contributed by atoms with van der Waals surface area (Å²) >= 11 is 1.56. The van der Waals surface area contributed by atoms with Crippen LogP contribution in [0.3, 0.4) is 0 Å². The van der Waals surface area contributed by atoms with Crippen LogP contribution in [-0.2, 0) is 9.53 Å². The van der Waals surface area contributed by atoms with E-state index in [1.807, 2.05) is 12.1 Å². The number of halogens is 1. The molecule has 114 valence electrons. The summed E-state index contributed by atoms with van der Waals surface area (Å²) in [4.78, 5) is 12.7. The fourth-order valence-corrected chi connectivity index (χ4v) is 2.15. The van der Waals surface area contributed by atoms with Crippen LogP contribution in [0.4, 0.5) is 0 Å². The number of amides is 1. The highest BCUT2D eigenvalue weighted by molar-refractivity contribution is 8.00. The van der Waals surface area contributed by atoms with Gasteiger partial charge in [0.15, 0.2) is 0 Å². The standard InChI is InChI=1S/C14H22N2O2S.ClH/c1-12-3-5-13(6-4-12)19-11-14(17)16-8-7-15-9-10-18-2;/h3-6,15H,7-11H2,1-2H3,(H,16,17);1H. The van der Waals surface area contributed by atoms with Crippen LogP contribution in [0.2, 0.25) is 0 Å². The Morgan fingerprint density at radius 2 is 1.90 bits per heavy atom. The van der Waals surface area contributed by atoms with Crippen molar-refractivity contribution in [2.45, 2.75) is 11.8 Å². The van der Waals surface area contributed by atoms with E-state index in [9.17, 15) is 4.79 Å². The third kappa shape index (κ3) is 9.20. The van der Waals surface area contributed by atoms with Crippen LogP contribution in [-0.4, -0.2) is 45.0 Å². The fraction of sp³-hybridized carbons (Fsp3) is 0.500. The van der Waals surface area contributed by atoms with E-state index in [1.54, 1.807) is 18.9 Å². The number of carbonyl (C=O) groups is 1. The van der Waals surface area contributed by atoms with Crippen LogP contribution in [0.5, 0.6) is 0 Å². The van der Waals surface area contributed by atoms with Gasteiger partial charge < -0.3 is 15.4 Å². The molecule has 0 bridgehead atoms. The van der Waals surface area contributed by atoms with Gasteiger partial charge in [0.1, 0.15) is 0 Å². The van der Waals surface area contributed by atoms with Gasteiger partial charge in [-0.25, -0.2) is 0 Å².